The van der Waals surface area contributed by atoms with Crippen molar-refractivity contribution in [1.82, 2.24) is 15.4 Å². The Morgan fingerprint density at radius 2 is 1.89 bits per heavy atom. The Labute approximate surface area is 210 Å². The van der Waals surface area contributed by atoms with Crippen LogP contribution in [0.25, 0.3) is 10.9 Å². The van der Waals surface area contributed by atoms with Crippen LogP contribution in [0.5, 0.6) is 5.75 Å². The van der Waals surface area contributed by atoms with Crippen molar-refractivity contribution >= 4 is 16.9 Å². The topological polar surface area (TPSA) is 103 Å². The number of hydrogen-bond donors (Lipinski definition) is 4. The first-order valence-corrected chi connectivity index (χ1v) is 12.3. The van der Waals surface area contributed by atoms with E-state index in [0.717, 1.165) is 33.3 Å². The Kier molecular flexibility index (Phi) is 7.04. The standard InChI is InChI=1S/C29H32N4O3/c1-19(21-10-7-11-23(15-21)36-18-20-8-3-2-4-9-20)14-27(30)32-33-26(28(33)29(34)35)16-22-17-31-25-13-6-5-12-24(22)25/h2-13,15,17,19,26-28,31-32H,14,16,18,30H2,1H3,(H,34,35)/t19?,26-,27?,28-,33?/m1/s1. The van der Waals surface area contributed by atoms with Crippen molar-refractivity contribution in [3.8, 4) is 5.75 Å². The summed E-state index contributed by atoms with van der Waals surface area (Å²) in [5, 5.41) is 12.6. The minimum atomic E-state index is -0.837. The van der Waals surface area contributed by atoms with Gasteiger partial charge in [0.15, 0.2) is 0 Å². The number of benzene rings is 3. The van der Waals surface area contributed by atoms with Gasteiger partial charge in [-0.25, -0.2) is 10.4 Å². The van der Waals surface area contributed by atoms with Gasteiger partial charge in [0.2, 0.25) is 0 Å². The number of H-pyrrole nitrogens is 1. The second-order valence-corrected chi connectivity index (χ2v) is 9.54. The van der Waals surface area contributed by atoms with Gasteiger partial charge in [0.1, 0.15) is 18.4 Å². The van der Waals surface area contributed by atoms with E-state index in [-0.39, 0.29) is 18.1 Å². The third kappa shape index (κ3) is 5.44. The lowest BCUT2D eigenvalue weighted by Crippen LogP contribution is -2.43. The van der Waals surface area contributed by atoms with Crippen LogP contribution in [0.3, 0.4) is 0 Å². The number of aliphatic carboxylic acids is 1. The molecule has 0 saturated carbocycles. The van der Waals surface area contributed by atoms with Gasteiger partial charge in [-0.05, 0) is 53.6 Å². The molecule has 2 heterocycles. The molecule has 4 aromatic rings. The number of nitrogens with zero attached hydrogens (tertiary/aromatic N) is 1. The molecule has 1 aliphatic heterocycles. The van der Waals surface area contributed by atoms with Crippen LogP contribution < -0.4 is 15.9 Å². The van der Waals surface area contributed by atoms with Crippen LogP contribution in [0.15, 0.2) is 85.1 Å². The summed E-state index contributed by atoms with van der Waals surface area (Å²) in [5.74, 6) is 0.152. The van der Waals surface area contributed by atoms with Crippen LogP contribution in [-0.2, 0) is 17.8 Å². The number of hydrogen-bond acceptors (Lipinski definition) is 5. The Morgan fingerprint density at radius 3 is 2.69 bits per heavy atom. The monoisotopic (exact) mass is 484 g/mol. The van der Waals surface area contributed by atoms with Crippen molar-refractivity contribution in [2.45, 2.75) is 50.5 Å². The van der Waals surface area contributed by atoms with Gasteiger partial charge in [0.25, 0.3) is 0 Å². The van der Waals surface area contributed by atoms with Crippen LogP contribution in [0, 0.1) is 0 Å². The van der Waals surface area contributed by atoms with Gasteiger partial charge < -0.3 is 20.6 Å². The van der Waals surface area contributed by atoms with Gasteiger partial charge in [-0.2, -0.15) is 0 Å². The van der Waals surface area contributed by atoms with E-state index in [0.29, 0.717) is 19.4 Å². The quantitative estimate of drug-likeness (QED) is 0.186. The Morgan fingerprint density at radius 1 is 1.11 bits per heavy atom. The van der Waals surface area contributed by atoms with E-state index in [4.69, 9.17) is 10.5 Å². The lowest BCUT2D eigenvalue weighted by molar-refractivity contribution is -0.137. The molecule has 1 fully saturated rings. The Hall–Kier alpha value is -3.65. The average Bonchev–Trinajstić information content (AvgIpc) is 3.40. The summed E-state index contributed by atoms with van der Waals surface area (Å²) in [6, 6.07) is 25.5. The fraction of sp³-hybridized carbons (Fsp3) is 0.276. The second-order valence-electron chi connectivity index (χ2n) is 9.54. The highest BCUT2D eigenvalue weighted by molar-refractivity contribution is 5.84. The van der Waals surface area contributed by atoms with E-state index in [2.05, 4.69) is 35.5 Å². The lowest BCUT2D eigenvalue weighted by atomic mass is 9.96. The molecule has 7 heteroatoms. The highest BCUT2D eigenvalue weighted by Gasteiger charge is 2.53. The van der Waals surface area contributed by atoms with Gasteiger partial charge in [0, 0.05) is 17.1 Å². The highest BCUT2D eigenvalue weighted by atomic mass is 16.5. The number of carbonyl (C=O) groups is 1. The summed E-state index contributed by atoms with van der Waals surface area (Å²) in [5.41, 5.74) is 14.1. The third-order valence-corrected chi connectivity index (χ3v) is 6.89. The van der Waals surface area contributed by atoms with Gasteiger partial charge in [-0.1, -0.05) is 67.6 Å². The molecule has 0 amide bonds. The molecule has 1 aliphatic rings. The normalized spacial score (nSPS) is 20.7. The Bertz CT molecular complexity index is 1320. The number of aromatic nitrogens is 1. The lowest BCUT2D eigenvalue weighted by Gasteiger charge is -2.20. The van der Waals surface area contributed by atoms with Gasteiger partial charge >= 0.3 is 5.97 Å². The van der Waals surface area contributed by atoms with E-state index >= 15 is 0 Å². The second kappa shape index (κ2) is 10.5. The van der Waals surface area contributed by atoms with Crippen LogP contribution in [-0.4, -0.2) is 39.3 Å². The fourth-order valence-corrected chi connectivity index (χ4v) is 4.89. The van der Waals surface area contributed by atoms with E-state index < -0.39 is 12.0 Å². The summed E-state index contributed by atoms with van der Waals surface area (Å²) < 4.78 is 5.97. The van der Waals surface area contributed by atoms with Crippen LogP contribution in [0.2, 0.25) is 0 Å². The number of rotatable bonds is 11. The molecule has 186 valence electrons. The summed E-state index contributed by atoms with van der Waals surface area (Å²) in [4.78, 5) is 15.1. The zero-order chi connectivity index (χ0) is 25.1. The number of carboxylic acids is 1. The summed E-state index contributed by atoms with van der Waals surface area (Å²) in [6.07, 6.45) is 2.89. The molecule has 3 unspecified atom stereocenters. The van der Waals surface area contributed by atoms with Crippen molar-refractivity contribution in [2.24, 2.45) is 5.73 Å². The van der Waals surface area contributed by atoms with E-state index in [1.165, 1.54) is 0 Å². The van der Waals surface area contributed by atoms with Crippen LogP contribution in [0.4, 0.5) is 0 Å². The summed E-state index contributed by atoms with van der Waals surface area (Å²) in [6.45, 7) is 2.64. The van der Waals surface area contributed by atoms with Crippen LogP contribution >= 0.6 is 0 Å². The molecule has 0 spiro atoms. The number of nitrogens with two attached hydrogens (primary N) is 1. The largest absolute Gasteiger partial charge is 0.489 e. The zero-order valence-electron chi connectivity index (χ0n) is 20.3. The summed E-state index contributed by atoms with van der Waals surface area (Å²) >= 11 is 0. The maximum atomic E-state index is 11.9. The first kappa shape index (κ1) is 24.1. The Balaban J connectivity index is 1.17. The maximum absolute atomic E-state index is 11.9. The van der Waals surface area contributed by atoms with Crippen molar-refractivity contribution in [3.05, 3.63) is 102 Å². The number of aromatic amines is 1. The molecule has 3 aromatic carbocycles. The number of ether oxygens (including phenoxy) is 1. The number of nitrogens with one attached hydrogen (secondary N) is 2. The smallest absolute Gasteiger partial charge is 0.324 e. The van der Waals surface area contributed by atoms with Crippen molar-refractivity contribution in [1.29, 1.82) is 0 Å². The SMILES string of the molecule is CC(CC(N)NN1[C@H](Cc2c[nH]c3ccccc23)[C@@H]1C(=O)O)c1cccc(OCc2ccccc2)c1. The first-order chi connectivity index (χ1) is 17.5. The van der Waals surface area contributed by atoms with Crippen LogP contribution in [0.1, 0.15) is 36.0 Å². The van der Waals surface area contributed by atoms with E-state index in [9.17, 15) is 9.90 Å². The molecule has 0 radical (unpaired) electrons. The molecule has 36 heavy (non-hydrogen) atoms. The molecule has 0 bridgehead atoms. The predicted molar refractivity (Wildman–Crippen MR) is 140 cm³/mol. The van der Waals surface area contributed by atoms with Crippen molar-refractivity contribution in [2.75, 3.05) is 0 Å². The molecule has 5 atom stereocenters. The highest BCUT2D eigenvalue weighted by Crippen LogP contribution is 2.32. The van der Waals surface area contributed by atoms with Gasteiger partial charge in [-0.15, -0.1) is 0 Å². The fourth-order valence-electron chi connectivity index (χ4n) is 4.89. The molecule has 1 saturated heterocycles. The first-order valence-electron chi connectivity index (χ1n) is 12.3. The van der Waals surface area contributed by atoms with Crippen molar-refractivity contribution in [3.63, 3.8) is 0 Å². The van der Waals surface area contributed by atoms with E-state index in [1.807, 2.05) is 66.9 Å². The molecule has 5 rings (SSSR count). The van der Waals surface area contributed by atoms with E-state index in [1.54, 1.807) is 5.01 Å². The van der Waals surface area contributed by atoms with Gasteiger partial charge in [0.05, 0.1) is 12.2 Å². The summed E-state index contributed by atoms with van der Waals surface area (Å²) in [7, 11) is 0. The minimum Gasteiger partial charge on any atom is -0.489 e. The van der Waals surface area contributed by atoms with Gasteiger partial charge in [-0.3, -0.25) is 4.79 Å². The number of carboxylic acid groups (broad SMARTS) is 1. The molecule has 0 aliphatic carbocycles. The minimum absolute atomic E-state index is 0.141. The van der Waals surface area contributed by atoms with Crippen molar-refractivity contribution < 1.29 is 14.6 Å². The molecule has 1 aromatic heterocycles. The predicted octanol–water partition coefficient (Wildman–Crippen LogP) is 4.41. The average molecular weight is 485 g/mol. The number of para-hydroxylation sites is 1. The molecular formula is C29H32N4O3. The third-order valence-electron chi connectivity index (χ3n) is 6.89. The molecular weight excluding hydrogens is 452 g/mol. The molecule has 7 nitrogen and oxygen atoms in total. The number of fused-ring (bicyclic) bond motifs is 1. The molecule has 5 N–H and O–H groups in total. The maximum Gasteiger partial charge on any atom is 0.324 e. The number of hydrazine groups is 1. The zero-order valence-corrected chi connectivity index (χ0v) is 20.3.